The second kappa shape index (κ2) is 5.83. The van der Waals surface area contributed by atoms with E-state index in [4.69, 9.17) is 10.5 Å². The van der Waals surface area contributed by atoms with Gasteiger partial charge in [-0.2, -0.15) is 0 Å². The quantitative estimate of drug-likeness (QED) is 0.702. The number of ether oxygens (including phenoxy) is 1. The van der Waals surface area contributed by atoms with Crippen molar-refractivity contribution in [2.75, 3.05) is 39.9 Å². The Balaban J connectivity index is 2.33. The maximum Gasteiger partial charge on any atom is 0.0474 e. The zero-order valence-electron chi connectivity index (χ0n) is 10.5. The van der Waals surface area contributed by atoms with E-state index in [1.54, 1.807) is 7.11 Å². The third kappa shape index (κ3) is 3.74. The third-order valence-electron chi connectivity index (χ3n) is 3.64. The summed E-state index contributed by atoms with van der Waals surface area (Å²) in [5.41, 5.74) is 6.18. The van der Waals surface area contributed by atoms with Crippen molar-refractivity contribution in [3.63, 3.8) is 0 Å². The van der Waals surface area contributed by atoms with Crippen molar-refractivity contribution < 1.29 is 4.74 Å². The summed E-state index contributed by atoms with van der Waals surface area (Å²) < 4.78 is 5.08. The van der Waals surface area contributed by atoms with Crippen LogP contribution in [-0.4, -0.2) is 44.8 Å². The lowest BCUT2D eigenvalue weighted by Crippen LogP contribution is -2.48. The number of likely N-dealkylation sites (tertiary alicyclic amines) is 1. The largest absolute Gasteiger partial charge is 0.385 e. The van der Waals surface area contributed by atoms with Crippen LogP contribution in [0.15, 0.2) is 0 Å². The lowest BCUT2D eigenvalue weighted by Gasteiger charge is -2.44. The number of rotatable bonds is 5. The van der Waals surface area contributed by atoms with E-state index >= 15 is 0 Å². The molecule has 0 aromatic heterocycles. The lowest BCUT2D eigenvalue weighted by molar-refractivity contribution is 0.0535. The second-order valence-electron chi connectivity index (χ2n) is 5.33. The van der Waals surface area contributed by atoms with Gasteiger partial charge in [-0.1, -0.05) is 13.8 Å². The van der Waals surface area contributed by atoms with Crippen molar-refractivity contribution in [3.8, 4) is 0 Å². The van der Waals surface area contributed by atoms with Crippen molar-refractivity contribution in [3.05, 3.63) is 0 Å². The van der Waals surface area contributed by atoms with E-state index in [9.17, 15) is 0 Å². The monoisotopic (exact) mass is 214 g/mol. The molecule has 0 spiro atoms. The van der Waals surface area contributed by atoms with Gasteiger partial charge in [0.2, 0.25) is 0 Å². The van der Waals surface area contributed by atoms with E-state index in [0.717, 1.165) is 26.1 Å². The normalized spacial score (nSPS) is 26.8. The summed E-state index contributed by atoms with van der Waals surface area (Å²) >= 11 is 0. The van der Waals surface area contributed by atoms with E-state index in [1.807, 2.05) is 0 Å². The highest BCUT2D eigenvalue weighted by molar-refractivity contribution is 4.87. The summed E-state index contributed by atoms with van der Waals surface area (Å²) in [5, 5.41) is 0. The minimum Gasteiger partial charge on any atom is -0.385 e. The Hall–Kier alpha value is -0.120. The first-order chi connectivity index (χ1) is 7.10. The van der Waals surface area contributed by atoms with Gasteiger partial charge in [-0.3, -0.25) is 0 Å². The molecular weight excluding hydrogens is 188 g/mol. The van der Waals surface area contributed by atoms with Gasteiger partial charge in [0, 0.05) is 26.8 Å². The van der Waals surface area contributed by atoms with Crippen molar-refractivity contribution >= 4 is 0 Å². The van der Waals surface area contributed by atoms with Crippen molar-refractivity contribution in [2.24, 2.45) is 17.1 Å². The first-order valence-electron chi connectivity index (χ1n) is 6.01. The van der Waals surface area contributed by atoms with Crippen LogP contribution in [0.5, 0.6) is 0 Å². The molecule has 0 aliphatic carbocycles. The summed E-state index contributed by atoms with van der Waals surface area (Å²) in [6, 6.07) is 0. The standard InChI is InChI=1S/C12H26N2O/c1-12(2)10-14(6-4-8-15-3)7-5-11(12)9-13/h11H,4-10,13H2,1-3H3. The smallest absolute Gasteiger partial charge is 0.0474 e. The molecule has 1 heterocycles. The molecule has 3 heteroatoms. The second-order valence-corrected chi connectivity index (χ2v) is 5.33. The van der Waals surface area contributed by atoms with Gasteiger partial charge in [-0.25, -0.2) is 0 Å². The molecule has 0 saturated carbocycles. The minimum atomic E-state index is 0.375. The van der Waals surface area contributed by atoms with E-state index in [1.165, 1.54) is 19.5 Å². The van der Waals surface area contributed by atoms with E-state index in [-0.39, 0.29) is 0 Å². The molecule has 0 bridgehead atoms. The Morgan fingerprint density at radius 3 is 2.73 bits per heavy atom. The summed E-state index contributed by atoms with van der Waals surface area (Å²) in [6.45, 7) is 9.93. The third-order valence-corrected chi connectivity index (χ3v) is 3.64. The molecule has 0 aromatic carbocycles. The van der Waals surface area contributed by atoms with Crippen molar-refractivity contribution in [1.82, 2.24) is 4.90 Å². The Kier molecular flexibility index (Phi) is 5.03. The summed E-state index contributed by atoms with van der Waals surface area (Å²) in [5.74, 6) is 0.691. The predicted octanol–water partition coefficient (Wildman–Crippen LogP) is 1.33. The molecule has 0 aromatic rings. The fourth-order valence-electron chi connectivity index (χ4n) is 2.57. The zero-order valence-corrected chi connectivity index (χ0v) is 10.5. The molecule has 1 atom stereocenters. The van der Waals surface area contributed by atoms with Gasteiger partial charge in [0.15, 0.2) is 0 Å². The van der Waals surface area contributed by atoms with Crippen LogP contribution >= 0.6 is 0 Å². The SMILES string of the molecule is COCCCN1CCC(CN)C(C)(C)C1. The first-order valence-corrected chi connectivity index (χ1v) is 6.01. The van der Waals surface area contributed by atoms with Gasteiger partial charge < -0.3 is 15.4 Å². The van der Waals surface area contributed by atoms with Crippen LogP contribution in [0.4, 0.5) is 0 Å². The zero-order chi connectivity index (χ0) is 11.3. The van der Waals surface area contributed by atoms with Crippen LogP contribution in [0.2, 0.25) is 0 Å². The molecule has 1 rings (SSSR count). The number of piperidine rings is 1. The molecule has 1 fully saturated rings. The van der Waals surface area contributed by atoms with Gasteiger partial charge in [-0.05, 0) is 37.3 Å². The highest BCUT2D eigenvalue weighted by Crippen LogP contribution is 2.33. The predicted molar refractivity (Wildman–Crippen MR) is 63.9 cm³/mol. The molecule has 1 unspecified atom stereocenters. The number of nitrogens with zero attached hydrogens (tertiary/aromatic N) is 1. The number of hydrogen-bond acceptors (Lipinski definition) is 3. The molecule has 1 aliphatic heterocycles. The van der Waals surface area contributed by atoms with Crippen LogP contribution in [0.3, 0.4) is 0 Å². The number of hydrogen-bond donors (Lipinski definition) is 1. The highest BCUT2D eigenvalue weighted by atomic mass is 16.5. The lowest BCUT2D eigenvalue weighted by atomic mass is 9.74. The maximum atomic E-state index is 5.81. The molecule has 1 aliphatic rings. The highest BCUT2D eigenvalue weighted by Gasteiger charge is 2.34. The molecule has 15 heavy (non-hydrogen) atoms. The Bertz CT molecular complexity index is 180. The Labute approximate surface area is 94.0 Å². The molecule has 0 amide bonds. The van der Waals surface area contributed by atoms with E-state index in [2.05, 4.69) is 18.7 Å². The van der Waals surface area contributed by atoms with Gasteiger partial charge in [0.1, 0.15) is 0 Å². The van der Waals surface area contributed by atoms with Crippen molar-refractivity contribution in [1.29, 1.82) is 0 Å². The van der Waals surface area contributed by atoms with Crippen LogP contribution in [0.25, 0.3) is 0 Å². The Morgan fingerprint density at radius 2 is 2.20 bits per heavy atom. The van der Waals surface area contributed by atoms with Gasteiger partial charge in [0.25, 0.3) is 0 Å². The van der Waals surface area contributed by atoms with Gasteiger partial charge >= 0.3 is 0 Å². The van der Waals surface area contributed by atoms with E-state index < -0.39 is 0 Å². The number of methoxy groups -OCH3 is 1. The molecule has 3 nitrogen and oxygen atoms in total. The van der Waals surface area contributed by atoms with Crippen molar-refractivity contribution in [2.45, 2.75) is 26.7 Å². The van der Waals surface area contributed by atoms with E-state index in [0.29, 0.717) is 11.3 Å². The summed E-state index contributed by atoms with van der Waals surface area (Å²) in [7, 11) is 1.77. The Morgan fingerprint density at radius 1 is 1.47 bits per heavy atom. The fourth-order valence-corrected chi connectivity index (χ4v) is 2.57. The minimum absolute atomic E-state index is 0.375. The molecular formula is C12H26N2O. The average molecular weight is 214 g/mol. The van der Waals surface area contributed by atoms with Crippen LogP contribution in [-0.2, 0) is 4.74 Å². The molecule has 2 N–H and O–H groups in total. The summed E-state index contributed by atoms with van der Waals surface area (Å²) in [4.78, 5) is 2.55. The summed E-state index contributed by atoms with van der Waals surface area (Å²) in [6.07, 6.45) is 2.39. The average Bonchev–Trinajstić information content (AvgIpc) is 2.17. The molecule has 0 radical (unpaired) electrons. The first kappa shape index (κ1) is 12.9. The topological polar surface area (TPSA) is 38.5 Å². The number of nitrogens with two attached hydrogens (primary N) is 1. The maximum absolute atomic E-state index is 5.81. The van der Waals surface area contributed by atoms with Gasteiger partial charge in [-0.15, -0.1) is 0 Å². The fraction of sp³-hybridized carbons (Fsp3) is 1.00. The van der Waals surface area contributed by atoms with Gasteiger partial charge in [0.05, 0.1) is 0 Å². The van der Waals surface area contributed by atoms with Crippen LogP contribution < -0.4 is 5.73 Å². The van der Waals surface area contributed by atoms with Crippen LogP contribution in [0, 0.1) is 11.3 Å². The van der Waals surface area contributed by atoms with Crippen LogP contribution in [0.1, 0.15) is 26.7 Å². The molecule has 1 saturated heterocycles. The molecule has 90 valence electrons.